The SMILES string of the molecule is O=S1(=O)CCN(Cc2ccc(CNC3CC3)s2)CC1. The van der Waals surface area contributed by atoms with Crippen LogP contribution in [-0.2, 0) is 22.9 Å². The van der Waals surface area contributed by atoms with Crippen molar-refractivity contribution in [2.75, 3.05) is 24.6 Å². The maximum Gasteiger partial charge on any atom is 0.152 e. The minimum atomic E-state index is -2.76. The molecule has 0 spiro atoms. The molecule has 0 bridgehead atoms. The maximum atomic E-state index is 11.4. The van der Waals surface area contributed by atoms with E-state index in [9.17, 15) is 8.42 Å². The van der Waals surface area contributed by atoms with Crippen molar-refractivity contribution in [2.45, 2.75) is 32.0 Å². The largest absolute Gasteiger partial charge is 0.309 e. The highest BCUT2D eigenvalue weighted by Crippen LogP contribution is 2.22. The minimum Gasteiger partial charge on any atom is -0.309 e. The Kier molecular flexibility index (Phi) is 3.93. The Hall–Kier alpha value is -0.430. The summed E-state index contributed by atoms with van der Waals surface area (Å²) in [6.07, 6.45) is 2.64. The van der Waals surface area contributed by atoms with Crippen LogP contribution in [0.5, 0.6) is 0 Å². The van der Waals surface area contributed by atoms with E-state index in [1.165, 1.54) is 22.6 Å². The van der Waals surface area contributed by atoms with Crippen molar-refractivity contribution in [3.8, 4) is 0 Å². The van der Waals surface area contributed by atoms with Crippen LogP contribution in [0.15, 0.2) is 12.1 Å². The van der Waals surface area contributed by atoms with Crippen LogP contribution in [0.25, 0.3) is 0 Å². The van der Waals surface area contributed by atoms with Crippen LogP contribution in [0.1, 0.15) is 22.6 Å². The van der Waals surface area contributed by atoms with E-state index < -0.39 is 9.84 Å². The lowest BCUT2D eigenvalue weighted by Crippen LogP contribution is -2.39. The fraction of sp³-hybridized carbons (Fsp3) is 0.692. The highest BCUT2D eigenvalue weighted by Gasteiger charge is 2.22. The molecule has 1 aromatic heterocycles. The molecule has 1 aliphatic heterocycles. The van der Waals surface area contributed by atoms with Crippen LogP contribution in [0.3, 0.4) is 0 Å². The molecule has 106 valence electrons. The highest BCUT2D eigenvalue weighted by atomic mass is 32.2. The quantitative estimate of drug-likeness (QED) is 0.888. The van der Waals surface area contributed by atoms with Gasteiger partial charge in [-0.2, -0.15) is 0 Å². The van der Waals surface area contributed by atoms with Crippen molar-refractivity contribution < 1.29 is 8.42 Å². The summed E-state index contributed by atoms with van der Waals surface area (Å²) in [5, 5.41) is 3.52. The summed E-state index contributed by atoms with van der Waals surface area (Å²) in [7, 11) is -2.76. The number of hydrogen-bond donors (Lipinski definition) is 1. The average Bonchev–Trinajstić information content (AvgIpc) is 3.10. The van der Waals surface area contributed by atoms with Gasteiger partial charge >= 0.3 is 0 Å². The normalized spacial score (nSPS) is 23.6. The van der Waals surface area contributed by atoms with Gasteiger partial charge in [0.25, 0.3) is 0 Å². The van der Waals surface area contributed by atoms with E-state index >= 15 is 0 Å². The van der Waals surface area contributed by atoms with Crippen molar-refractivity contribution in [1.82, 2.24) is 10.2 Å². The monoisotopic (exact) mass is 300 g/mol. The molecular formula is C13H20N2O2S2. The van der Waals surface area contributed by atoms with E-state index in [0.717, 1.165) is 19.1 Å². The first kappa shape index (κ1) is 13.5. The van der Waals surface area contributed by atoms with Gasteiger partial charge < -0.3 is 5.32 Å². The average molecular weight is 300 g/mol. The molecule has 0 radical (unpaired) electrons. The van der Waals surface area contributed by atoms with Gasteiger partial charge in [-0.15, -0.1) is 11.3 Å². The Morgan fingerprint density at radius 3 is 2.58 bits per heavy atom. The van der Waals surface area contributed by atoms with E-state index in [0.29, 0.717) is 24.6 Å². The van der Waals surface area contributed by atoms with Gasteiger partial charge in [0, 0.05) is 42.0 Å². The van der Waals surface area contributed by atoms with E-state index in [4.69, 9.17) is 0 Å². The molecule has 1 aliphatic carbocycles. The van der Waals surface area contributed by atoms with Gasteiger partial charge in [-0.25, -0.2) is 8.42 Å². The van der Waals surface area contributed by atoms with Gasteiger partial charge in [-0.1, -0.05) is 0 Å². The van der Waals surface area contributed by atoms with E-state index in [-0.39, 0.29) is 0 Å². The Bertz CT molecular complexity index is 521. The molecule has 19 heavy (non-hydrogen) atoms. The third-order valence-electron chi connectivity index (χ3n) is 3.68. The van der Waals surface area contributed by atoms with Gasteiger partial charge in [-0.05, 0) is 25.0 Å². The fourth-order valence-corrected chi connectivity index (χ4v) is 4.55. The summed E-state index contributed by atoms with van der Waals surface area (Å²) in [6.45, 7) is 3.22. The summed E-state index contributed by atoms with van der Waals surface area (Å²) in [5.41, 5.74) is 0. The lowest BCUT2D eigenvalue weighted by molar-refractivity contribution is 0.290. The molecule has 2 fully saturated rings. The third-order valence-corrected chi connectivity index (χ3v) is 6.36. The van der Waals surface area contributed by atoms with Gasteiger partial charge in [0.1, 0.15) is 0 Å². The predicted octanol–water partition coefficient (Wildman–Crippen LogP) is 1.23. The molecule has 3 rings (SSSR count). The molecule has 0 aromatic carbocycles. The molecule has 0 amide bonds. The second-order valence-corrected chi connectivity index (χ2v) is 9.01. The van der Waals surface area contributed by atoms with Crippen LogP contribution in [-0.4, -0.2) is 44.0 Å². The first-order chi connectivity index (χ1) is 9.11. The van der Waals surface area contributed by atoms with Crippen LogP contribution < -0.4 is 5.32 Å². The van der Waals surface area contributed by atoms with Gasteiger partial charge in [-0.3, -0.25) is 4.90 Å². The molecule has 6 heteroatoms. The molecule has 0 atom stereocenters. The Morgan fingerprint density at radius 1 is 1.21 bits per heavy atom. The minimum absolute atomic E-state index is 0.314. The number of nitrogens with zero attached hydrogens (tertiary/aromatic N) is 1. The lowest BCUT2D eigenvalue weighted by Gasteiger charge is -2.25. The van der Waals surface area contributed by atoms with Crippen molar-refractivity contribution in [2.24, 2.45) is 0 Å². The number of rotatable bonds is 5. The first-order valence-electron chi connectivity index (χ1n) is 6.84. The summed E-state index contributed by atoms with van der Waals surface area (Å²) >= 11 is 1.84. The van der Waals surface area contributed by atoms with Crippen molar-refractivity contribution >= 4 is 21.2 Å². The fourth-order valence-electron chi connectivity index (χ4n) is 2.26. The molecule has 1 saturated heterocycles. The Labute approximate surface area is 118 Å². The summed E-state index contributed by atoms with van der Waals surface area (Å²) in [6, 6.07) is 5.12. The molecule has 2 aliphatic rings. The zero-order valence-corrected chi connectivity index (χ0v) is 12.6. The van der Waals surface area contributed by atoms with Crippen LogP contribution in [0.2, 0.25) is 0 Å². The number of thiophene rings is 1. The summed E-state index contributed by atoms with van der Waals surface area (Å²) in [5.74, 6) is 0.628. The number of sulfone groups is 1. The third kappa shape index (κ3) is 4.02. The van der Waals surface area contributed by atoms with Gasteiger partial charge in [0.15, 0.2) is 9.84 Å². The Morgan fingerprint density at radius 2 is 1.89 bits per heavy atom. The zero-order valence-electron chi connectivity index (χ0n) is 11.0. The van der Waals surface area contributed by atoms with Crippen molar-refractivity contribution in [3.05, 3.63) is 21.9 Å². The Balaban J connectivity index is 1.49. The molecule has 1 saturated carbocycles. The smallest absolute Gasteiger partial charge is 0.152 e. The second kappa shape index (κ2) is 5.52. The summed E-state index contributed by atoms with van der Waals surface area (Å²) < 4.78 is 22.8. The number of hydrogen-bond acceptors (Lipinski definition) is 5. The standard InChI is InChI=1S/C13H20N2O2S2/c16-19(17)7-5-15(6-8-19)10-13-4-3-12(18-13)9-14-11-1-2-11/h3-4,11,14H,1-2,5-10H2. The molecule has 2 heterocycles. The predicted molar refractivity (Wildman–Crippen MR) is 78.1 cm³/mol. The molecule has 1 N–H and O–H groups in total. The molecule has 1 aromatic rings. The van der Waals surface area contributed by atoms with E-state index in [2.05, 4.69) is 22.3 Å². The summed E-state index contributed by atoms with van der Waals surface area (Å²) in [4.78, 5) is 4.96. The van der Waals surface area contributed by atoms with Gasteiger partial charge in [0.2, 0.25) is 0 Å². The van der Waals surface area contributed by atoms with E-state index in [1.54, 1.807) is 0 Å². The van der Waals surface area contributed by atoms with Crippen LogP contribution in [0.4, 0.5) is 0 Å². The zero-order chi connectivity index (χ0) is 13.3. The van der Waals surface area contributed by atoms with Crippen molar-refractivity contribution in [1.29, 1.82) is 0 Å². The second-order valence-electron chi connectivity index (χ2n) is 5.45. The molecular weight excluding hydrogens is 280 g/mol. The number of nitrogens with one attached hydrogen (secondary N) is 1. The maximum absolute atomic E-state index is 11.4. The topological polar surface area (TPSA) is 49.4 Å². The van der Waals surface area contributed by atoms with Crippen LogP contribution in [0, 0.1) is 0 Å². The first-order valence-corrected chi connectivity index (χ1v) is 9.48. The van der Waals surface area contributed by atoms with E-state index in [1.807, 2.05) is 11.3 Å². The highest BCUT2D eigenvalue weighted by molar-refractivity contribution is 7.91. The molecule has 0 unspecified atom stereocenters. The van der Waals surface area contributed by atoms with Crippen LogP contribution >= 0.6 is 11.3 Å². The molecule has 4 nitrogen and oxygen atoms in total. The van der Waals surface area contributed by atoms with Gasteiger partial charge in [0.05, 0.1) is 11.5 Å². The lowest BCUT2D eigenvalue weighted by atomic mass is 10.4. The van der Waals surface area contributed by atoms with Crippen molar-refractivity contribution in [3.63, 3.8) is 0 Å².